The van der Waals surface area contributed by atoms with Crippen LogP contribution in [0.1, 0.15) is 24.5 Å². The maximum absolute atomic E-state index is 12.3. The van der Waals surface area contributed by atoms with Gasteiger partial charge in [-0.3, -0.25) is 0 Å². The lowest BCUT2D eigenvalue weighted by Gasteiger charge is -1.97. The van der Waals surface area contributed by atoms with Gasteiger partial charge in [0.1, 0.15) is 5.52 Å². The number of imidazole rings is 1. The minimum Gasteiger partial charge on any atom is -0.333 e. The number of hydrogen-bond donors (Lipinski definition) is 1. The van der Waals surface area contributed by atoms with E-state index in [0.717, 1.165) is 0 Å². The Morgan fingerprint density at radius 2 is 1.69 bits per heavy atom. The van der Waals surface area contributed by atoms with Crippen LogP contribution in [0.2, 0.25) is 5.15 Å². The SMILES string of the molecule is FC(F)c1nc(Cl)c2[nH]c(C(F)F)nc2n1. The summed E-state index contributed by atoms with van der Waals surface area (Å²) in [7, 11) is 0. The van der Waals surface area contributed by atoms with E-state index in [-0.39, 0.29) is 16.3 Å². The topological polar surface area (TPSA) is 54.5 Å². The molecule has 0 amide bonds. The Kier molecular flexibility index (Phi) is 2.66. The molecule has 0 bridgehead atoms. The number of halogens is 5. The fourth-order valence-corrected chi connectivity index (χ4v) is 1.32. The molecule has 1 N–H and O–H groups in total. The van der Waals surface area contributed by atoms with Crippen LogP contribution < -0.4 is 0 Å². The Labute approximate surface area is 90.7 Å². The van der Waals surface area contributed by atoms with Crippen molar-refractivity contribution in [3.63, 3.8) is 0 Å². The highest BCUT2D eigenvalue weighted by Crippen LogP contribution is 2.25. The highest BCUT2D eigenvalue weighted by Gasteiger charge is 2.19. The maximum Gasteiger partial charge on any atom is 0.297 e. The van der Waals surface area contributed by atoms with E-state index in [1.54, 1.807) is 0 Å². The smallest absolute Gasteiger partial charge is 0.297 e. The van der Waals surface area contributed by atoms with Crippen molar-refractivity contribution in [2.24, 2.45) is 0 Å². The summed E-state index contributed by atoms with van der Waals surface area (Å²) in [4.78, 5) is 12.1. The minimum absolute atomic E-state index is 0.0821. The molecule has 4 nitrogen and oxygen atoms in total. The van der Waals surface area contributed by atoms with Gasteiger partial charge in [-0.1, -0.05) is 11.6 Å². The molecule has 0 atom stereocenters. The van der Waals surface area contributed by atoms with Crippen LogP contribution in [0.15, 0.2) is 0 Å². The summed E-state index contributed by atoms with van der Waals surface area (Å²) >= 11 is 5.52. The molecule has 2 heterocycles. The van der Waals surface area contributed by atoms with Crippen LogP contribution in [0.5, 0.6) is 0 Å². The van der Waals surface area contributed by atoms with Gasteiger partial charge >= 0.3 is 0 Å². The molecule has 2 aromatic rings. The molecule has 0 fully saturated rings. The molecule has 86 valence electrons. The molecule has 0 unspecified atom stereocenters. The van der Waals surface area contributed by atoms with E-state index in [4.69, 9.17) is 11.6 Å². The van der Waals surface area contributed by atoms with Crippen molar-refractivity contribution in [1.82, 2.24) is 19.9 Å². The Hall–Kier alpha value is -1.44. The predicted octanol–water partition coefficient (Wildman–Crippen LogP) is 2.88. The van der Waals surface area contributed by atoms with E-state index in [2.05, 4.69) is 19.9 Å². The fourth-order valence-electron chi connectivity index (χ4n) is 1.10. The number of rotatable bonds is 2. The second-order valence-corrected chi connectivity index (χ2v) is 3.15. The van der Waals surface area contributed by atoms with Gasteiger partial charge in [-0.2, -0.15) is 0 Å². The molecule has 0 spiro atoms. The summed E-state index contributed by atoms with van der Waals surface area (Å²) in [6.45, 7) is 0. The van der Waals surface area contributed by atoms with Gasteiger partial charge in [0.15, 0.2) is 22.4 Å². The molecule has 0 saturated carbocycles. The monoisotopic (exact) mass is 254 g/mol. The Balaban J connectivity index is 2.63. The van der Waals surface area contributed by atoms with E-state index >= 15 is 0 Å². The molecule has 0 aliphatic heterocycles. The van der Waals surface area contributed by atoms with Crippen molar-refractivity contribution in [2.45, 2.75) is 12.9 Å². The molecule has 0 aromatic carbocycles. The largest absolute Gasteiger partial charge is 0.333 e. The quantitative estimate of drug-likeness (QED) is 0.662. The van der Waals surface area contributed by atoms with E-state index in [9.17, 15) is 17.6 Å². The summed E-state index contributed by atoms with van der Waals surface area (Å²) in [5.74, 6) is -1.53. The van der Waals surface area contributed by atoms with E-state index in [0.29, 0.717) is 0 Å². The van der Waals surface area contributed by atoms with Gasteiger partial charge < -0.3 is 4.98 Å². The van der Waals surface area contributed by atoms with E-state index < -0.39 is 24.5 Å². The average Bonchev–Trinajstić information content (AvgIpc) is 2.61. The van der Waals surface area contributed by atoms with Gasteiger partial charge in [0.2, 0.25) is 0 Å². The second-order valence-electron chi connectivity index (χ2n) is 2.79. The summed E-state index contributed by atoms with van der Waals surface area (Å²) in [6.07, 6.45) is -5.80. The molecule has 9 heteroatoms. The minimum atomic E-state index is -2.94. The third-order valence-corrected chi connectivity index (χ3v) is 2.02. The van der Waals surface area contributed by atoms with Crippen LogP contribution in [0.4, 0.5) is 17.6 Å². The predicted molar refractivity (Wildman–Crippen MR) is 46.6 cm³/mol. The Morgan fingerprint density at radius 3 is 2.25 bits per heavy atom. The number of fused-ring (bicyclic) bond motifs is 1. The Morgan fingerprint density at radius 1 is 1.00 bits per heavy atom. The van der Waals surface area contributed by atoms with E-state index in [1.165, 1.54) is 0 Å². The first-order chi connectivity index (χ1) is 7.49. The molecular weight excluding hydrogens is 252 g/mol. The molecule has 16 heavy (non-hydrogen) atoms. The van der Waals surface area contributed by atoms with Crippen molar-refractivity contribution >= 4 is 22.8 Å². The second kappa shape index (κ2) is 3.85. The average molecular weight is 255 g/mol. The van der Waals surface area contributed by atoms with Crippen LogP contribution in [-0.4, -0.2) is 19.9 Å². The van der Waals surface area contributed by atoms with Crippen LogP contribution in [0.3, 0.4) is 0 Å². The summed E-state index contributed by atoms with van der Waals surface area (Å²) < 4.78 is 49.1. The van der Waals surface area contributed by atoms with Crippen LogP contribution in [-0.2, 0) is 0 Å². The molecule has 0 aliphatic rings. The van der Waals surface area contributed by atoms with Gasteiger partial charge in [-0.15, -0.1) is 0 Å². The first-order valence-electron chi connectivity index (χ1n) is 3.98. The van der Waals surface area contributed by atoms with Crippen molar-refractivity contribution in [1.29, 1.82) is 0 Å². The first kappa shape index (κ1) is 11.1. The van der Waals surface area contributed by atoms with Crippen molar-refractivity contribution in [2.75, 3.05) is 0 Å². The third-order valence-electron chi connectivity index (χ3n) is 1.74. The molecule has 0 radical (unpaired) electrons. The molecule has 2 rings (SSSR count). The number of aromatic nitrogens is 4. The summed E-state index contributed by atoms with van der Waals surface area (Å²) in [5.41, 5.74) is -0.382. The van der Waals surface area contributed by atoms with Gasteiger partial charge in [0.05, 0.1) is 0 Å². The first-order valence-corrected chi connectivity index (χ1v) is 4.36. The van der Waals surface area contributed by atoms with Crippen LogP contribution in [0, 0.1) is 0 Å². The summed E-state index contributed by atoms with van der Waals surface area (Å²) in [6, 6.07) is 0. The lowest BCUT2D eigenvalue weighted by Crippen LogP contribution is -1.96. The molecule has 0 aliphatic carbocycles. The molecular formula is C7H3ClF4N4. The van der Waals surface area contributed by atoms with Crippen molar-refractivity contribution in [3.8, 4) is 0 Å². The van der Waals surface area contributed by atoms with E-state index in [1.807, 2.05) is 0 Å². The number of nitrogens with one attached hydrogen (secondary N) is 1. The van der Waals surface area contributed by atoms with Gasteiger partial charge in [-0.05, 0) is 0 Å². The number of hydrogen-bond acceptors (Lipinski definition) is 3. The normalized spacial score (nSPS) is 11.9. The third kappa shape index (κ3) is 1.80. The highest BCUT2D eigenvalue weighted by molar-refractivity contribution is 6.33. The maximum atomic E-state index is 12.3. The van der Waals surface area contributed by atoms with Crippen molar-refractivity contribution in [3.05, 3.63) is 16.8 Å². The number of aromatic amines is 1. The van der Waals surface area contributed by atoms with Crippen molar-refractivity contribution < 1.29 is 17.6 Å². The molecule has 0 saturated heterocycles. The standard InChI is InChI=1S/C7H3ClF4N4/c8-2-1-5(15-6(13-1)3(9)10)16-7(14-2)4(11)12/h3-4H,(H,13,14,15,16). The van der Waals surface area contributed by atoms with Gasteiger partial charge in [0, 0.05) is 0 Å². The number of alkyl halides is 4. The molecule has 2 aromatic heterocycles. The zero-order chi connectivity index (χ0) is 11.9. The van der Waals surface area contributed by atoms with Crippen LogP contribution >= 0.6 is 11.6 Å². The zero-order valence-corrected chi connectivity index (χ0v) is 8.14. The Bertz CT molecular complexity index is 526. The zero-order valence-electron chi connectivity index (χ0n) is 7.39. The summed E-state index contributed by atoms with van der Waals surface area (Å²) in [5, 5.41) is -0.361. The van der Waals surface area contributed by atoms with Gasteiger partial charge in [-0.25, -0.2) is 32.5 Å². The lowest BCUT2D eigenvalue weighted by molar-refractivity contribution is 0.140. The number of nitrogens with zero attached hydrogens (tertiary/aromatic N) is 3. The van der Waals surface area contributed by atoms with Gasteiger partial charge in [0.25, 0.3) is 12.9 Å². The number of H-pyrrole nitrogens is 1. The fraction of sp³-hybridized carbons (Fsp3) is 0.286. The van der Waals surface area contributed by atoms with Crippen LogP contribution in [0.25, 0.3) is 11.2 Å². The lowest BCUT2D eigenvalue weighted by atomic mass is 10.5. The highest BCUT2D eigenvalue weighted by atomic mass is 35.5.